The number of halogens is 3. The molecule has 1 amide bonds. The maximum absolute atomic E-state index is 14.1. The van der Waals surface area contributed by atoms with Crippen LogP contribution < -0.4 is 5.32 Å². The fourth-order valence-electron chi connectivity index (χ4n) is 2.21. The van der Waals surface area contributed by atoms with Crippen LogP contribution in [0.2, 0.25) is 5.02 Å². The Kier molecular flexibility index (Phi) is 4.02. The van der Waals surface area contributed by atoms with Gasteiger partial charge in [0.05, 0.1) is 5.54 Å². The summed E-state index contributed by atoms with van der Waals surface area (Å²) in [4.78, 5) is 13.8. The second-order valence-electron chi connectivity index (χ2n) is 5.56. The Labute approximate surface area is 121 Å². The molecule has 0 spiro atoms. The topological polar surface area (TPSA) is 32.3 Å². The molecule has 0 unspecified atom stereocenters. The standard InChI is InChI=1S/C14H17ClF2N2O/c1-19(2)9-13(6-7-13)18-12(20)14(16,17)10-4-3-5-11(15)8-10/h3-5,8H,6-7,9H2,1-2H3,(H,18,20). The van der Waals surface area contributed by atoms with Crippen molar-refractivity contribution in [1.29, 1.82) is 0 Å². The zero-order valence-electron chi connectivity index (χ0n) is 11.4. The molecule has 1 aliphatic rings. The van der Waals surface area contributed by atoms with Crippen LogP contribution in [0, 0.1) is 0 Å². The Balaban J connectivity index is 2.12. The minimum Gasteiger partial charge on any atom is -0.344 e. The van der Waals surface area contributed by atoms with Gasteiger partial charge in [0.1, 0.15) is 0 Å². The predicted octanol–water partition coefficient (Wildman–Crippen LogP) is 2.64. The summed E-state index contributed by atoms with van der Waals surface area (Å²) in [5.41, 5.74) is -0.897. The molecule has 1 fully saturated rings. The fraction of sp³-hybridized carbons (Fsp3) is 0.500. The van der Waals surface area contributed by atoms with Crippen LogP contribution in [0.15, 0.2) is 24.3 Å². The number of alkyl halides is 2. The molecule has 110 valence electrons. The Morgan fingerprint density at radius 1 is 1.45 bits per heavy atom. The Morgan fingerprint density at radius 3 is 2.60 bits per heavy atom. The van der Waals surface area contributed by atoms with Crippen molar-refractivity contribution in [2.24, 2.45) is 0 Å². The molecule has 0 aromatic heterocycles. The van der Waals surface area contributed by atoms with Crippen LogP contribution >= 0.6 is 11.6 Å². The number of nitrogens with zero attached hydrogens (tertiary/aromatic N) is 1. The molecule has 1 aromatic rings. The van der Waals surface area contributed by atoms with Crippen molar-refractivity contribution in [3.8, 4) is 0 Å². The number of hydrogen-bond donors (Lipinski definition) is 1. The molecule has 0 heterocycles. The van der Waals surface area contributed by atoms with Gasteiger partial charge in [-0.3, -0.25) is 4.79 Å². The molecule has 6 heteroatoms. The van der Waals surface area contributed by atoms with Crippen LogP contribution in [0.5, 0.6) is 0 Å². The van der Waals surface area contributed by atoms with Gasteiger partial charge >= 0.3 is 5.92 Å². The molecule has 0 radical (unpaired) electrons. The number of carbonyl (C=O) groups is 1. The smallest absolute Gasteiger partial charge is 0.344 e. The van der Waals surface area contributed by atoms with Gasteiger partial charge in [0.25, 0.3) is 5.91 Å². The van der Waals surface area contributed by atoms with Gasteiger partial charge in [-0.05, 0) is 39.1 Å². The van der Waals surface area contributed by atoms with Gasteiger partial charge in [-0.15, -0.1) is 0 Å². The fourth-order valence-corrected chi connectivity index (χ4v) is 2.40. The van der Waals surface area contributed by atoms with E-state index in [9.17, 15) is 13.6 Å². The summed E-state index contributed by atoms with van der Waals surface area (Å²) in [7, 11) is 3.70. The van der Waals surface area contributed by atoms with E-state index in [0.29, 0.717) is 6.54 Å². The van der Waals surface area contributed by atoms with E-state index in [4.69, 9.17) is 11.6 Å². The molecule has 0 saturated heterocycles. The van der Waals surface area contributed by atoms with Gasteiger partial charge in [-0.1, -0.05) is 23.7 Å². The first-order valence-corrected chi connectivity index (χ1v) is 6.74. The van der Waals surface area contributed by atoms with E-state index in [-0.39, 0.29) is 10.6 Å². The SMILES string of the molecule is CN(C)CC1(NC(=O)C(F)(F)c2cccc(Cl)c2)CC1. The lowest BCUT2D eigenvalue weighted by Crippen LogP contribution is -2.49. The monoisotopic (exact) mass is 302 g/mol. The van der Waals surface area contributed by atoms with Crippen molar-refractivity contribution >= 4 is 17.5 Å². The lowest BCUT2D eigenvalue weighted by Gasteiger charge is -2.24. The average Bonchev–Trinajstić information content (AvgIpc) is 3.07. The molecule has 0 bridgehead atoms. The number of nitrogens with one attached hydrogen (secondary N) is 1. The van der Waals surface area contributed by atoms with Crippen molar-refractivity contribution < 1.29 is 13.6 Å². The van der Waals surface area contributed by atoms with E-state index in [2.05, 4.69) is 5.32 Å². The largest absolute Gasteiger partial charge is 0.349 e. The highest BCUT2D eigenvalue weighted by molar-refractivity contribution is 6.30. The van der Waals surface area contributed by atoms with Crippen molar-refractivity contribution in [2.45, 2.75) is 24.3 Å². The second kappa shape index (κ2) is 5.30. The number of carbonyl (C=O) groups excluding carboxylic acids is 1. The summed E-state index contributed by atoms with van der Waals surface area (Å²) in [6.07, 6.45) is 1.45. The van der Waals surface area contributed by atoms with Crippen LogP contribution in [0.4, 0.5) is 8.78 Å². The van der Waals surface area contributed by atoms with Crippen molar-refractivity contribution in [2.75, 3.05) is 20.6 Å². The number of hydrogen-bond acceptors (Lipinski definition) is 2. The number of amides is 1. The zero-order valence-corrected chi connectivity index (χ0v) is 12.2. The lowest BCUT2D eigenvalue weighted by atomic mass is 10.1. The Morgan fingerprint density at radius 2 is 2.10 bits per heavy atom. The summed E-state index contributed by atoms with van der Waals surface area (Å²) in [6.45, 7) is 0.560. The third-order valence-corrected chi connectivity index (χ3v) is 3.56. The van der Waals surface area contributed by atoms with Crippen molar-refractivity contribution in [1.82, 2.24) is 10.2 Å². The van der Waals surface area contributed by atoms with Crippen LogP contribution in [0.3, 0.4) is 0 Å². The van der Waals surface area contributed by atoms with Crippen LogP contribution in [0.1, 0.15) is 18.4 Å². The van der Waals surface area contributed by atoms with Gasteiger partial charge in [0.15, 0.2) is 0 Å². The molecule has 1 aliphatic carbocycles. The normalized spacial score (nSPS) is 17.1. The predicted molar refractivity (Wildman–Crippen MR) is 74.0 cm³/mol. The highest BCUT2D eigenvalue weighted by Gasteiger charge is 2.50. The summed E-state index contributed by atoms with van der Waals surface area (Å²) in [5, 5.41) is 2.67. The van der Waals surface area contributed by atoms with E-state index >= 15 is 0 Å². The minimum absolute atomic E-state index is 0.185. The molecule has 3 nitrogen and oxygen atoms in total. The summed E-state index contributed by atoms with van der Waals surface area (Å²) in [5.74, 6) is -4.84. The Hall–Kier alpha value is -1.20. The summed E-state index contributed by atoms with van der Waals surface area (Å²) in [6, 6.07) is 5.22. The number of rotatable bonds is 5. The van der Waals surface area contributed by atoms with Crippen LogP contribution in [-0.2, 0) is 10.7 Å². The average molecular weight is 303 g/mol. The van der Waals surface area contributed by atoms with Gasteiger partial charge in [-0.25, -0.2) is 0 Å². The zero-order chi connectivity index (χ0) is 15.0. The Bertz CT molecular complexity index is 516. The van der Waals surface area contributed by atoms with E-state index in [0.717, 1.165) is 18.9 Å². The number of benzene rings is 1. The molecule has 1 aromatic carbocycles. The quantitative estimate of drug-likeness (QED) is 0.907. The highest BCUT2D eigenvalue weighted by Crippen LogP contribution is 2.38. The summed E-state index contributed by atoms with van der Waals surface area (Å²) < 4.78 is 28.3. The van der Waals surface area contributed by atoms with Crippen LogP contribution in [-0.4, -0.2) is 37.0 Å². The first-order chi connectivity index (χ1) is 9.25. The molecule has 20 heavy (non-hydrogen) atoms. The van der Waals surface area contributed by atoms with Gasteiger partial charge in [0.2, 0.25) is 0 Å². The van der Waals surface area contributed by atoms with Crippen LogP contribution in [0.25, 0.3) is 0 Å². The lowest BCUT2D eigenvalue weighted by molar-refractivity contribution is -0.148. The molecule has 0 atom stereocenters. The third kappa shape index (κ3) is 3.27. The first kappa shape index (κ1) is 15.2. The summed E-state index contributed by atoms with van der Waals surface area (Å²) >= 11 is 5.70. The maximum atomic E-state index is 14.1. The molecule has 1 N–H and O–H groups in total. The molecule has 0 aliphatic heterocycles. The first-order valence-electron chi connectivity index (χ1n) is 6.36. The molecule has 1 saturated carbocycles. The third-order valence-electron chi connectivity index (χ3n) is 3.32. The highest BCUT2D eigenvalue weighted by atomic mass is 35.5. The van der Waals surface area contributed by atoms with Gasteiger partial charge < -0.3 is 10.2 Å². The molecular formula is C14H17ClF2N2O. The van der Waals surface area contributed by atoms with Crippen molar-refractivity contribution in [3.05, 3.63) is 34.9 Å². The minimum atomic E-state index is -3.58. The van der Waals surface area contributed by atoms with E-state index in [1.54, 1.807) is 0 Å². The van der Waals surface area contributed by atoms with Gasteiger partial charge in [-0.2, -0.15) is 8.78 Å². The molecular weight excluding hydrogens is 286 g/mol. The number of likely N-dealkylation sites (N-methyl/N-ethyl adjacent to an activating group) is 1. The van der Waals surface area contributed by atoms with E-state index in [1.165, 1.54) is 18.2 Å². The van der Waals surface area contributed by atoms with E-state index < -0.39 is 17.4 Å². The van der Waals surface area contributed by atoms with Gasteiger partial charge in [0, 0.05) is 17.1 Å². The maximum Gasteiger partial charge on any atom is 0.349 e. The molecule has 2 rings (SSSR count). The van der Waals surface area contributed by atoms with E-state index in [1.807, 2.05) is 19.0 Å². The van der Waals surface area contributed by atoms with Crippen molar-refractivity contribution in [3.63, 3.8) is 0 Å². The second-order valence-corrected chi connectivity index (χ2v) is 5.99.